The molecule has 0 spiro atoms. The minimum atomic E-state index is -0.250. The van der Waals surface area contributed by atoms with Gasteiger partial charge in [0.15, 0.2) is 11.5 Å². The van der Waals surface area contributed by atoms with Gasteiger partial charge in [0.05, 0.1) is 25.5 Å². The molecule has 5 heteroatoms. The Labute approximate surface area is 158 Å². The van der Waals surface area contributed by atoms with E-state index >= 15 is 0 Å². The van der Waals surface area contributed by atoms with Gasteiger partial charge in [-0.3, -0.25) is 0 Å². The van der Waals surface area contributed by atoms with E-state index in [1.807, 2.05) is 12.1 Å². The number of unbranched alkanes of at least 4 members (excludes halogenated alkanes) is 2. The Bertz CT molecular complexity index is 550. The summed E-state index contributed by atoms with van der Waals surface area (Å²) in [6, 6.07) is 3.99. The van der Waals surface area contributed by atoms with Gasteiger partial charge in [-0.1, -0.05) is 26.7 Å². The Morgan fingerprint density at radius 3 is 2.73 bits per heavy atom. The minimum Gasteiger partial charge on any atom is -0.493 e. The van der Waals surface area contributed by atoms with Crippen LogP contribution in [0.1, 0.15) is 51.5 Å². The van der Waals surface area contributed by atoms with Crippen molar-refractivity contribution >= 4 is 5.69 Å². The van der Waals surface area contributed by atoms with Crippen molar-refractivity contribution in [2.75, 3.05) is 39.1 Å². The molecule has 2 rings (SSSR count). The number of rotatable bonds is 10. The summed E-state index contributed by atoms with van der Waals surface area (Å²) in [5, 5.41) is 10.4. The van der Waals surface area contributed by atoms with Gasteiger partial charge in [-0.05, 0) is 49.9 Å². The summed E-state index contributed by atoms with van der Waals surface area (Å²) in [7, 11) is 1.65. The molecule has 0 aromatic heterocycles. The number of nitrogens with zero attached hydrogens (tertiary/aromatic N) is 1. The summed E-state index contributed by atoms with van der Waals surface area (Å²) in [5.74, 6) is 1.56. The maximum Gasteiger partial charge on any atom is 0.184 e. The molecule has 0 saturated carbocycles. The van der Waals surface area contributed by atoms with Gasteiger partial charge < -0.3 is 25.2 Å². The zero-order valence-corrected chi connectivity index (χ0v) is 16.7. The molecular weight excluding hydrogens is 328 g/mol. The predicted molar refractivity (Wildman–Crippen MR) is 107 cm³/mol. The van der Waals surface area contributed by atoms with E-state index in [1.54, 1.807) is 7.11 Å². The van der Waals surface area contributed by atoms with Gasteiger partial charge in [0.1, 0.15) is 0 Å². The van der Waals surface area contributed by atoms with E-state index in [0.29, 0.717) is 23.8 Å². The maximum absolute atomic E-state index is 10.4. The zero-order valence-electron chi connectivity index (χ0n) is 16.7. The summed E-state index contributed by atoms with van der Waals surface area (Å²) >= 11 is 0. The number of likely N-dealkylation sites (tertiary alicyclic amines) is 1. The Balaban J connectivity index is 2.05. The van der Waals surface area contributed by atoms with Gasteiger partial charge in [0, 0.05) is 19.0 Å². The van der Waals surface area contributed by atoms with Gasteiger partial charge >= 0.3 is 0 Å². The van der Waals surface area contributed by atoms with Crippen LogP contribution in [0.15, 0.2) is 12.1 Å². The molecule has 1 saturated heterocycles. The average Bonchev–Trinajstić information content (AvgIpc) is 2.62. The van der Waals surface area contributed by atoms with Gasteiger partial charge in [0.25, 0.3) is 0 Å². The van der Waals surface area contributed by atoms with Crippen LogP contribution < -0.4 is 15.2 Å². The first-order valence-electron chi connectivity index (χ1n) is 10.1. The number of hydrogen-bond acceptors (Lipinski definition) is 5. The normalized spacial score (nSPS) is 20.9. The van der Waals surface area contributed by atoms with Gasteiger partial charge in [-0.2, -0.15) is 0 Å². The molecule has 0 bridgehead atoms. The standard InChI is InChI=1S/C21H36N2O3/c1-4-6-7-11-26-21-18(22)13-16(14-20(21)25-3)12-17-15-23(9-5-2)10-8-19(17)24/h13-14,17,19,24H,4-12,15,22H2,1-3H3. The summed E-state index contributed by atoms with van der Waals surface area (Å²) in [5.41, 5.74) is 7.97. The van der Waals surface area contributed by atoms with Crippen LogP contribution in [0, 0.1) is 5.92 Å². The minimum absolute atomic E-state index is 0.232. The number of hydrogen-bond donors (Lipinski definition) is 2. The summed E-state index contributed by atoms with van der Waals surface area (Å²) in [6.45, 7) is 8.05. The Kier molecular flexibility index (Phi) is 8.52. The highest BCUT2D eigenvalue weighted by molar-refractivity contribution is 5.62. The lowest BCUT2D eigenvalue weighted by molar-refractivity contribution is 0.0270. The van der Waals surface area contributed by atoms with Crippen molar-refractivity contribution in [3.8, 4) is 11.5 Å². The van der Waals surface area contributed by atoms with E-state index in [9.17, 15) is 5.11 Å². The quantitative estimate of drug-likeness (QED) is 0.491. The fourth-order valence-electron chi connectivity index (χ4n) is 3.75. The topological polar surface area (TPSA) is 68.0 Å². The molecule has 148 valence electrons. The molecule has 0 amide bonds. The van der Waals surface area contributed by atoms with Gasteiger partial charge in [-0.25, -0.2) is 0 Å². The van der Waals surface area contributed by atoms with Crippen molar-refractivity contribution in [3.05, 3.63) is 17.7 Å². The second-order valence-corrected chi connectivity index (χ2v) is 7.39. The van der Waals surface area contributed by atoms with E-state index in [1.165, 1.54) is 0 Å². The lowest BCUT2D eigenvalue weighted by Crippen LogP contribution is -2.44. The molecule has 0 aliphatic carbocycles. The highest BCUT2D eigenvalue weighted by atomic mass is 16.5. The monoisotopic (exact) mass is 364 g/mol. The zero-order chi connectivity index (χ0) is 18.9. The van der Waals surface area contributed by atoms with Crippen molar-refractivity contribution in [3.63, 3.8) is 0 Å². The third-order valence-corrected chi connectivity index (χ3v) is 5.17. The summed E-state index contributed by atoms with van der Waals surface area (Å²) < 4.78 is 11.4. The molecular formula is C21H36N2O3. The number of methoxy groups -OCH3 is 1. The van der Waals surface area contributed by atoms with Gasteiger partial charge in [0.2, 0.25) is 0 Å². The highest BCUT2D eigenvalue weighted by Gasteiger charge is 2.28. The Morgan fingerprint density at radius 1 is 1.23 bits per heavy atom. The molecule has 5 nitrogen and oxygen atoms in total. The number of aliphatic hydroxyl groups is 1. The first-order chi connectivity index (χ1) is 12.6. The fourth-order valence-corrected chi connectivity index (χ4v) is 3.75. The Hall–Kier alpha value is -1.46. The number of nitrogen functional groups attached to an aromatic ring is 1. The van der Waals surface area contributed by atoms with Crippen molar-refractivity contribution in [2.24, 2.45) is 5.92 Å². The Morgan fingerprint density at radius 2 is 2.04 bits per heavy atom. The summed E-state index contributed by atoms with van der Waals surface area (Å²) in [4.78, 5) is 2.45. The van der Waals surface area contributed by atoms with E-state index in [4.69, 9.17) is 15.2 Å². The molecule has 0 radical (unpaired) electrons. The van der Waals surface area contributed by atoms with Crippen LogP contribution in [0.3, 0.4) is 0 Å². The summed E-state index contributed by atoms with van der Waals surface area (Å²) in [6.07, 6.45) is 5.87. The highest BCUT2D eigenvalue weighted by Crippen LogP contribution is 2.36. The number of anilines is 1. The first kappa shape index (κ1) is 20.8. The number of benzene rings is 1. The second kappa shape index (κ2) is 10.6. The van der Waals surface area contributed by atoms with E-state index in [-0.39, 0.29) is 12.0 Å². The van der Waals surface area contributed by atoms with Crippen LogP contribution in [0.2, 0.25) is 0 Å². The van der Waals surface area contributed by atoms with E-state index < -0.39 is 0 Å². The van der Waals surface area contributed by atoms with Crippen molar-refractivity contribution < 1.29 is 14.6 Å². The predicted octanol–water partition coefficient (Wildman–Crippen LogP) is 3.48. The molecule has 1 aliphatic rings. The molecule has 1 aromatic carbocycles. The molecule has 2 unspecified atom stereocenters. The first-order valence-corrected chi connectivity index (χ1v) is 10.1. The van der Waals surface area contributed by atoms with Crippen LogP contribution in [-0.4, -0.2) is 49.5 Å². The number of nitrogens with two attached hydrogens (primary N) is 1. The molecule has 26 heavy (non-hydrogen) atoms. The molecule has 2 atom stereocenters. The van der Waals surface area contributed by atoms with Crippen molar-refractivity contribution in [1.29, 1.82) is 0 Å². The average molecular weight is 365 g/mol. The molecule has 1 aliphatic heterocycles. The van der Waals surface area contributed by atoms with Gasteiger partial charge in [-0.15, -0.1) is 0 Å². The molecule has 3 N–H and O–H groups in total. The van der Waals surface area contributed by atoms with Crippen LogP contribution in [0.25, 0.3) is 0 Å². The largest absolute Gasteiger partial charge is 0.493 e. The van der Waals surface area contributed by atoms with E-state index in [0.717, 1.165) is 63.7 Å². The lowest BCUT2D eigenvalue weighted by Gasteiger charge is -2.36. The lowest BCUT2D eigenvalue weighted by atomic mass is 9.88. The van der Waals surface area contributed by atoms with Crippen LogP contribution in [0.5, 0.6) is 11.5 Å². The smallest absolute Gasteiger partial charge is 0.184 e. The SMILES string of the molecule is CCCCCOc1c(N)cc(CC2CN(CCC)CCC2O)cc1OC. The van der Waals surface area contributed by atoms with Crippen molar-refractivity contribution in [2.45, 2.75) is 58.5 Å². The number of ether oxygens (including phenoxy) is 2. The van der Waals surface area contributed by atoms with E-state index in [2.05, 4.69) is 18.7 Å². The molecule has 1 fully saturated rings. The molecule has 1 aromatic rings. The van der Waals surface area contributed by atoms with Crippen LogP contribution in [-0.2, 0) is 6.42 Å². The van der Waals surface area contributed by atoms with Crippen molar-refractivity contribution in [1.82, 2.24) is 4.90 Å². The number of aliphatic hydroxyl groups excluding tert-OH is 1. The third-order valence-electron chi connectivity index (χ3n) is 5.17. The maximum atomic E-state index is 10.4. The van der Waals surface area contributed by atoms with Crippen LogP contribution in [0.4, 0.5) is 5.69 Å². The second-order valence-electron chi connectivity index (χ2n) is 7.39. The third kappa shape index (κ3) is 5.78. The fraction of sp³-hybridized carbons (Fsp3) is 0.714. The number of piperidine rings is 1. The molecule has 1 heterocycles. The van der Waals surface area contributed by atoms with Crippen LogP contribution >= 0.6 is 0 Å².